The Hall–Kier alpha value is -4.17. The summed E-state index contributed by atoms with van der Waals surface area (Å²) in [5.74, 6) is -0.308. The van der Waals surface area contributed by atoms with E-state index in [9.17, 15) is 9.90 Å². The van der Waals surface area contributed by atoms with Gasteiger partial charge in [0.25, 0.3) is 0 Å². The molecule has 22 heavy (non-hydrogen) atoms. The van der Waals surface area contributed by atoms with E-state index in [2.05, 4.69) is 0 Å². The first-order valence-electron chi connectivity index (χ1n) is 6.28. The zero-order valence-electron chi connectivity index (χ0n) is 12.3. The van der Waals surface area contributed by atoms with Gasteiger partial charge in [0.2, 0.25) is 0 Å². The average Bonchev–Trinajstić information content (AvgIpc) is 2.47. The van der Waals surface area contributed by atoms with Crippen molar-refractivity contribution in [2.45, 2.75) is 19.6 Å². The number of Topliss-reactive ketones (excluding diaryl/α,β-unsaturated/α-hetero) is 1. The fourth-order valence-corrected chi connectivity index (χ4v) is 1.95. The van der Waals surface area contributed by atoms with Gasteiger partial charge in [0.05, 0.1) is 18.8 Å². The van der Waals surface area contributed by atoms with E-state index in [4.69, 9.17) is 10.2 Å². The second kappa shape index (κ2) is 7.43. The molecule has 0 saturated heterocycles. The van der Waals surface area contributed by atoms with Crippen LogP contribution in [0.3, 0.4) is 0 Å². The fraction of sp³-hybridized carbons (Fsp3) is 0.188. The molecule has 108 valence electrons. The smallest absolute Gasteiger partial charge is 0.170 e. The standard InChI is InChI=1S/C16H16O4.2Sg/c17-9-12-3-1-11(2-4-12)7-15(19)14-6-5-13(10-18)8-16(14)20;;/h1-6,8,17-18,20H,7,9-10H2;;. The van der Waals surface area contributed by atoms with E-state index in [0.29, 0.717) is 5.56 Å². The Balaban J connectivity index is 0.00000220. The van der Waals surface area contributed by atoms with Crippen LogP contribution in [-0.4, -0.2) is 21.1 Å². The monoisotopic (exact) mass is 814 g/mol. The van der Waals surface area contributed by atoms with Crippen molar-refractivity contribution >= 4 is 5.78 Å². The number of phenols is 1. The molecule has 0 atom stereocenters. The van der Waals surface area contributed by atoms with Gasteiger partial charge in [-0.2, -0.15) is 0 Å². The maximum absolute atomic E-state index is 12.1. The number of ketones is 1. The minimum Gasteiger partial charge on any atom is -0.507 e. The summed E-state index contributed by atoms with van der Waals surface area (Å²) in [6.07, 6.45) is 0.178. The van der Waals surface area contributed by atoms with E-state index in [1.54, 1.807) is 30.3 Å². The number of hydrogen-bond donors (Lipinski definition) is 3. The predicted octanol–water partition coefficient (Wildman–Crippen LogP) is 1.80. The van der Waals surface area contributed by atoms with Gasteiger partial charge in [-0.05, 0) is 28.8 Å². The zero-order chi connectivity index (χ0) is 14.5. The molecule has 0 aliphatic rings. The minimum atomic E-state index is -0.191. The first-order valence-corrected chi connectivity index (χ1v) is 6.28. The molecule has 0 heterocycles. The van der Waals surface area contributed by atoms with Gasteiger partial charge in [0, 0.05) is 6.42 Å². The van der Waals surface area contributed by atoms with Crippen LogP contribution in [0.1, 0.15) is 27.0 Å². The van der Waals surface area contributed by atoms with Crippen molar-refractivity contribution in [3.05, 3.63) is 64.7 Å². The topological polar surface area (TPSA) is 77.8 Å². The first-order chi connectivity index (χ1) is 9.63. The van der Waals surface area contributed by atoms with E-state index in [1.807, 2.05) is 0 Å². The molecule has 0 spiro atoms. The molecular formula is C16H16O4Sg2. The van der Waals surface area contributed by atoms with E-state index in [1.165, 1.54) is 12.1 Å². The predicted molar refractivity (Wildman–Crippen MR) is 74.4 cm³/mol. The van der Waals surface area contributed by atoms with Gasteiger partial charge in [-0.1, -0.05) is 30.3 Å². The van der Waals surface area contributed by atoms with Gasteiger partial charge in [-0.25, -0.2) is 0 Å². The molecule has 0 saturated carbocycles. The Labute approximate surface area is 116 Å². The molecule has 6 heteroatoms. The number of aliphatic hydroxyl groups is 2. The molecule has 0 aliphatic heterocycles. The Morgan fingerprint density at radius 2 is 1.32 bits per heavy atom. The molecule has 0 amide bonds. The van der Waals surface area contributed by atoms with Crippen LogP contribution in [0.25, 0.3) is 0 Å². The molecular weight excluding hydrogens is 794 g/mol. The fourth-order valence-electron chi connectivity index (χ4n) is 1.95. The summed E-state index contributed by atoms with van der Waals surface area (Å²) >= 11 is 0. The number of phenolic OH excluding ortho intramolecular Hbond substituents is 1. The number of benzene rings is 2. The zero-order valence-corrected chi connectivity index (χ0v) is 25.3. The van der Waals surface area contributed by atoms with Crippen molar-refractivity contribution in [3.8, 4) is 5.75 Å². The summed E-state index contributed by atoms with van der Waals surface area (Å²) in [5.41, 5.74) is 2.41. The van der Waals surface area contributed by atoms with E-state index < -0.39 is 0 Å². The summed E-state index contributed by atoms with van der Waals surface area (Å²) in [4.78, 5) is 12.1. The summed E-state index contributed by atoms with van der Waals surface area (Å²) in [5, 5.41) is 27.7. The number of rotatable bonds is 5. The van der Waals surface area contributed by atoms with Crippen LogP contribution in [0.2, 0.25) is 0 Å². The summed E-state index contributed by atoms with van der Waals surface area (Å²) < 4.78 is 0. The quantitative estimate of drug-likeness (QED) is 0.404. The van der Waals surface area contributed by atoms with Crippen LogP contribution in [0.5, 0.6) is 5.75 Å². The van der Waals surface area contributed by atoms with E-state index >= 15 is 0 Å². The maximum atomic E-state index is 12.1. The van der Waals surface area contributed by atoms with Crippen LogP contribution in [0.4, 0.5) is 0 Å². The van der Waals surface area contributed by atoms with Crippen LogP contribution in [0.15, 0.2) is 42.5 Å². The Morgan fingerprint density at radius 1 is 0.818 bits per heavy atom. The van der Waals surface area contributed by atoms with Crippen molar-refractivity contribution in [1.82, 2.24) is 0 Å². The van der Waals surface area contributed by atoms with E-state index in [-0.39, 0.29) is 36.7 Å². The molecule has 4 nitrogen and oxygen atoms in total. The third-order valence-electron chi connectivity index (χ3n) is 3.12. The summed E-state index contributed by atoms with van der Waals surface area (Å²) in [6, 6.07) is 11.6. The van der Waals surface area contributed by atoms with Crippen molar-refractivity contribution in [2.24, 2.45) is 0 Å². The van der Waals surface area contributed by atoms with Gasteiger partial charge >= 0.3 is 0 Å². The number of aliphatic hydroxyl groups excluding tert-OH is 2. The van der Waals surface area contributed by atoms with E-state index in [0.717, 1.165) is 11.1 Å². The first kappa shape index (κ1) is 17.8. The third kappa shape index (κ3) is 3.66. The number of hydrogen-bond acceptors (Lipinski definition) is 4. The number of carbonyl (C=O) groups excluding carboxylic acids is 1. The van der Waals surface area contributed by atoms with Crippen LogP contribution in [-0.2, 0) is 19.6 Å². The Bertz CT molecular complexity index is 612. The molecule has 0 aromatic heterocycles. The van der Waals surface area contributed by atoms with Gasteiger partial charge in [0.1, 0.15) is 5.75 Å². The largest absolute Gasteiger partial charge is 0.507 e. The van der Waals surface area contributed by atoms with Crippen molar-refractivity contribution in [1.29, 1.82) is 0 Å². The van der Waals surface area contributed by atoms with Gasteiger partial charge in [0.15, 0.2) is 5.78 Å². The van der Waals surface area contributed by atoms with Crippen LogP contribution >= 0.6 is 0 Å². The molecule has 0 aliphatic carbocycles. The summed E-state index contributed by atoms with van der Waals surface area (Å²) in [6.45, 7) is -0.206. The molecule has 2 aromatic carbocycles. The normalized spacial score (nSPS) is 9.55. The summed E-state index contributed by atoms with van der Waals surface area (Å²) in [7, 11) is 0. The number of aromatic hydroxyl groups is 1. The molecule has 0 fully saturated rings. The maximum Gasteiger partial charge on any atom is 0.170 e. The van der Waals surface area contributed by atoms with Gasteiger partial charge < -0.3 is 15.3 Å². The van der Waals surface area contributed by atoms with Crippen molar-refractivity contribution in [2.75, 3.05) is 0 Å². The number of carbonyl (C=O) groups is 1. The van der Waals surface area contributed by atoms with Crippen molar-refractivity contribution < 1.29 is 20.1 Å². The van der Waals surface area contributed by atoms with Gasteiger partial charge in [-0.15, -0.1) is 0 Å². The average molecular weight is 810 g/mol. The second-order valence-corrected chi connectivity index (χ2v) is 4.58. The minimum absolute atomic E-state index is 0. The Kier molecular flexibility index (Phi) is 6.02. The molecule has 0 unspecified atom stereocenters. The molecule has 2 rings (SSSR count). The molecule has 2 aromatic rings. The third-order valence-corrected chi connectivity index (χ3v) is 3.12. The van der Waals surface area contributed by atoms with Gasteiger partial charge in [-0.3, -0.25) is 4.79 Å². The van der Waals surface area contributed by atoms with Crippen LogP contribution in [0, 0.1) is 0 Å². The van der Waals surface area contributed by atoms with Crippen molar-refractivity contribution in [3.63, 3.8) is 0 Å². The SMILES string of the molecule is O=C(Cc1ccc(CO)cc1)c1ccc(CO)cc1O.[Sg].[Sg]. The second-order valence-electron chi connectivity index (χ2n) is 4.58. The molecule has 0 radical (unpaired) electrons. The molecule has 0 bridgehead atoms. The Morgan fingerprint density at radius 3 is 1.82 bits per heavy atom. The van der Waals surface area contributed by atoms with Crippen LogP contribution < -0.4 is 0 Å². The molecule has 3 N–H and O–H groups in total.